The molecule has 1 atom stereocenters. The van der Waals surface area contributed by atoms with Crippen molar-refractivity contribution >= 4 is 21.5 Å². The van der Waals surface area contributed by atoms with E-state index in [1.807, 2.05) is 0 Å². The first-order valence-electron chi connectivity index (χ1n) is 9.24. The van der Waals surface area contributed by atoms with Gasteiger partial charge in [-0.2, -0.15) is 14.6 Å². The van der Waals surface area contributed by atoms with Crippen LogP contribution in [0.25, 0.3) is 5.78 Å². The lowest BCUT2D eigenvalue weighted by Crippen LogP contribution is -2.40. The second kappa shape index (κ2) is 7.51. The maximum absolute atomic E-state index is 13.1. The van der Waals surface area contributed by atoms with E-state index in [0.717, 1.165) is 24.7 Å². The zero-order valence-electron chi connectivity index (χ0n) is 15.8. The highest BCUT2D eigenvalue weighted by Gasteiger charge is 2.31. The Balaban J connectivity index is 1.62. The molecule has 1 aliphatic rings. The number of hydrogen-bond donors (Lipinski definition) is 0. The summed E-state index contributed by atoms with van der Waals surface area (Å²) in [7, 11) is -3.53. The predicted molar refractivity (Wildman–Crippen MR) is 103 cm³/mol. The number of carbonyl (C=O) groups excluding carboxylic acids is 1. The van der Waals surface area contributed by atoms with Gasteiger partial charge >= 0.3 is 0 Å². The third-order valence-electron chi connectivity index (χ3n) is 5.14. The Labute approximate surface area is 167 Å². The quantitative estimate of drug-likeness (QED) is 0.640. The number of carbonyl (C=O) groups is 1. The SMILES string of the molecule is CS(=O)(=O)c1cnc2ncnn2c1C1CCCN(C(=O)Cc2ccc(F)cc2)C1. The number of benzene rings is 1. The molecular weight excluding hydrogens is 397 g/mol. The molecule has 0 saturated carbocycles. The molecule has 1 saturated heterocycles. The van der Waals surface area contributed by atoms with Gasteiger partial charge in [0.05, 0.1) is 18.3 Å². The Kier molecular flexibility index (Phi) is 5.03. The van der Waals surface area contributed by atoms with Gasteiger partial charge < -0.3 is 4.90 Å². The minimum atomic E-state index is -3.53. The summed E-state index contributed by atoms with van der Waals surface area (Å²) in [6.45, 7) is 0.970. The van der Waals surface area contributed by atoms with Crippen LogP contribution in [0.3, 0.4) is 0 Å². The number of rotatable bonds is 4. The fourth-order valence-corrected chi connectivity index (χ4v) is 4.63. The van der Waals surface area contributed by atoms with Crippen LogP contribution in [0.4, 0.5) is 4.39 Å². The number of nitrogens with zero attached hydrogens (tertiary/aromatic N) is 5. The van der Waals surface area contributed by atoms with Crippen LogP contribution in [-0.2, 0) is 21.1 Å². The largest absolute Gasteiger partial charge is 0.342 e. The Bertz CT molecular complexity index is 1160. The molecule has 3 heterocycles. The second-order valence-corrected chi connectivity index (χ2v) is 9.22. The molecule has 3 aromatic rings. The lowest BCUT2D eigenvalue weighted by molar-refractivity contribution is -0.131. The van der Waals surface area contributed by atoms with Crippen molar-refractivity contribution in [3.63, 3.8) is 0 Å². The van der Waals surface area contributed by atoms with E-state index in [2.05, 4.69) is 15.1 Å². The lowest BCUT2D eigenvalue weighted by Gasteiger charge is -2.33. The Hall–Kier alpha value is -2.88. The zero-order chi connectivity index (χ0) is 20.6. The van der Waals surface area contributed by atoms with Crippen molar-refractivity contribution in [3.05, 3.63) is 53.9 Å². The molecule has 0 radical (unpaired) electrons. The van der Waals surface area contributed by atoms with Gasteiger partial charge in [0.2, 0.25) is 5.91 Å². The molecule has 0 bridgehead atoms. The highest BCUT2D eigenvalue weighted by atomic mass is 32.2. The van der Waals surface area contributed by atoms with Crippen LogP contribution >= 0.6 is 0 Å². The third-order valence-corrected chi connectivity index (χ3v) is 6.25. The maximum atomic E-state index is 13.1. The van der Waals surface area contributed by atoms with Gasteiger partial charge in [-0.3, -0.25) is 4.79 Å². The van der Waals surface area contributed by atoms with Crippen molar-refractivity contribution in [2.45, 2.75) is 30.1 Å². The van der Waals surface area contributed by atoms with Crippen molar-refractivity contribution in [1.29, 1.82) is 0 Å². The lowest BCUT2D eigenvalue weighted by atomic mass is 9.94. The van der Waals surface area contributed by atoms with Gasteiger partial charge in [0, 0.05) is 25.3 Å². The molecule has 0 N–H and O–H groups in total. The minimum absolute atomic E-state index is 0.0777. The summed E-state index contributed by atoms with van der Waals surface area (Å²) in [4.78, 5) is 22.8. The molecule has 8 nitrogen and oxygen atoms in total. The molecular formula is C19H20FN5O3S. The average molecular weight is 417 g/mol. The molecule has 1 fully saturated rings. The van der Waals surface area contributed by atoms with E-state index in [1.54, 1.807) is 17.0 Å². The number of sulfone groups is 1. The van der Waals surface area contributed by atoms with E-state index >= 15 is 0 Å². The predicted octanol–water partition coefficient (Wildman–Crippen LogP) is 1.62. The molecule has 10 heteroatoms. The fourth-order valence-electron chi connectivity index (χ4n) is 3.76. The van der Waals surface area contributed by atoms with Crippen molar-refractivity contribution in [3.8, 4) is 0 Å². The average Bonchev–Trinajstić information content (AvgIpc) is 3.17. The van der Waals surface area contributed by atoms with Crippen molar-refractivity contribution < 1.29 is 17.6 Å². The summed E-state index contributed by atoms with van der Waals surface area (Å²) in [6, 6.07) is 5.85. The Morgan fingerprint density at radius 2 is 2.00 bits per heavy atom. The number of piperidine rings is 1. The summed E-state index contributed by atoms with van der Waals surface area (Å²) in [5, 5.41) is 4.15. The van der Waals surface area contributed by atoms with Gasteiger partial charge in [-0.1, -0.05) is 12.1 Å². The number of halogens is 1. The topological polar surface area (TPSA) is 97.5 Å². The summed E-state index contributed by atoms with van der Waals surface area (Å²) in [5.41, 5.74) is 1.24. The number of hydrogen-bond acceptors (Lipinski definition) is 6. The normalized spacial score (nSPS) is 17.6. The first kappa shape index (κ1) is 19.4. The molecule has 4 rings (SSSR count). The molecule has 0 aliphatic carbocycles. The van der Waals surface area contributed by atoms with E-state index in [0.29, 0.717) is 24.6 Å². The molecule has 1 aromatic carbocycles. The van der Waals surface area contributed by atoms with Crippen LogP contribution in [0, 0.1) is 5.82 Å². The monoisotopic (exact) mass is 417 g/mol. The first-order valence-corrected chi connectivity index (χ1v) is 11.1. The minimum Gasteiger partial charge on any atom is -0.342 e. The van der Waals surface area contributed by atoms with Gasteiger partial charge in [0.25, 0.3) is 5.78 Å². The van der Waals surface area contributed by atoms with Gasteiger partial charge in [-0.05, 0) is 30.5 Å². The molecule has 2 aromatic heterocycles. The van der Waals surface area contributed by atoms with Gasteiger partial charge in [0.1, 0.15) is 17.0 Å². The van der Waals surface area contributed by atoms with E-state index < -0.39 is 9.84 Å². The summed E-state index contributed by atoms with van der Waals surface area (Å²) in [6.07, 6.45) is 5.41. The Morgan fingerprint density at radius 3 is 2.72 bits per heavy atom. The van der Waals surface area contributed by atoms with E-state index in [1.165, 1.54) is 29.2 Å². The number of fused-ring (bicyclic) bond motifs is 1. The van der Waals surface area contributed by atoms with Crippen LogP contribution in [0.15, 0.2) is 41.7 Å². The van der Waals surface area contributed by atoms with E-state index in [9.17, 15) is 17.6 Å². The Morgan fingerprint density at radius 1 is 1.24 bits per heavy atom. The van der Waals surface area contributed by atoms with Gasteiger partial charge in [-0.15, -0.1) is 0 Å². The second-order valence-electron chi connectivity index (χ2n) is 7.23. The number of likely N-dealkylation sites (tertiary alicyclic amines) is 1. The molecule has 1 amide bonds. The smallest absolute Gasteiger partial charge is 0.252 e. The van der Waals surface area contributed by atoms with Crippen molar-refractivity contribution in [2.24, 2.45) is 0 Å². The zero-order valence-corrected chi connectivity index (χ0v) is 16.6. The number of aromatic nitrogens is 4. The first-order chi connectivity index (χ1) is 13.8. The molecule has 1 unspecified atom stereocenters. The van der Waals surface area contributed by atoms with Gasteiger partial charge in [0.15, 0.2) is 9.84 Å². The fraction of sp³-hybridized carbons (Fsp3) is 0.368. The van der Waals surface area contributed by atoms with Crippen molar-refractivity contribution in [2.75, 3.05) is 19.3 Å². The maximum Gasteiger partial charge on any atom is 0.252 e. The molecule has 29 heavy (non-hydrogen) atoms. The standard InChI is InChI=1S/C19H20FN5O3S/c1-29(27,28)16-10-21-19-22-12-23-25(19)18(16)14-3-2-8-24(11-14)17(26)9-13-4-6-15(20)7-5-13/h4-7,10,12,14H,2-3,8-9,11H2,1H3. The van der Waals surface area contributed by atoms with E-state index in [-0.39, 0.29) is 29.0 Å². The van der Waals surface area contributed by atoms with Crippen molar-refractivity contribution in [1.82, 2.24) is 24.5 Å². The van der Waals surface area contributed by atoms with Gasteiger partial charge in [-0.25, -0.2) is 17.8 Å². The van der Waals surface area contributed by atoms with Crippen LogP contribution < -0.4 is 0 Å². The highest BCUT2D eigenvalue weighted by molar-refractivity contribution is 7.90. The van der Waals surface area contributed by atoms with Crippen LogP contribution in [0.2, 0.25) is 0 Å². The highest BCUT2D eigenvalue weighted by Crippen LogP contribution is 2.31. The third kappa shape index (κ3) is 3.98. The molecule has 0 spiro atoms. The van der Waals surface area contributed by atoms with Crippen LogP contribution in [0.1, 0.15) is 30.0 Å². The van der Waals surface area contributed by atoms with E-state index in [4.69, 9.17) is 0 Å². The van der Waals surface area contributed by atoms with Crippen LogP contribution in [0.5, 0.6) is 0 Å². The molecule has 152 valence electrons. The molecule has 1 aliphatic heterocycles. The summed E-state index contributed by atoms with van der Waals surface area (Å²) < 4.78 is 39.2. The summed E-state index contributed by atoms with van der Waals surface area (Å²) >= 11 is 0. The summed E-state index contributed by atoms with van der Waals surface area (Å²) in [5.74, 6) is -0.312. The number of amides is 1. The van der Waals surface area contributed by atoms with Crippen LogP contribution in [-0.4, -0.2) is 58.2 Å².